The molecule has 1 aromatic rings. The summed E-state index contributed by atoms with van der Waals surface area (Å²) in [5.74, 6) is -3.85. The molecule has 6 atom stereocenters. The van der Waals surface area contributed by atoms with Gasteiger partial charge in [-0.05, 0) is 24.6 Å². The van der Waals surface area contributed by atoms with Crippen LogP contribution in [0.4, 0.5) is 5.69 Å². The van der Waals surface area contributed by atoms with Crippen LogP contribution in [0, 0.1) is 0 Å². The normalized spacial score (nSPS) is 26.8. The van der Waals surface area contributed by atoms with Gasteiger partial charge in [0.05, 0.1) is 35.3 Å². The van der Waals surface area contributed by atoms with Crippen molar-refractivity contribution in [2.75, 3.05) is 18.5 Å². The Balaban J connectivity index is 2.23. The first-order chi connectivity index (χ1) is 15.5. The molecule has 9 N–H and O–H groups in total. The molecule has 0 amide bonds. The number of benzene rings is 1. The van der Waals surface area contributed by atoms with Crippen molar-refractivity contribution in [3.8, 4) is 0 Å². The molecule has 3 unspecified atom stereocenters. The Hall–Kier alpha value is -1.81. The lowest BCUT2D eigenvalue weighted by Gasteiger charge is -2.46. The van der Waals surface area contributed by atoms with E-state index < -0.39 is 55.2 Å². The van der Waals surface area contributed by atoms with Crippen LogP contribution in [-0.2, 0) is 20.9 Å². The SMILES string of the molecule is CC(=S)N[C@@H]1[C@@H](O)CC(OCc2ccc(NC(=S)CN)cc2)(C(=O)O)O[C@H]1C(O)C(O)CO. The molecule has 1 saturated heterocycles. The van der Waals surface area contributed by atoms with Crippen LogP contribution in [0.3, 0.4) is 0 Å². The third-order valence-electron chi connectivity index (χ3n) is 5.08. The lowest BCUT2D eigenvalue weighted by Crippen LogP contribution is -2.67. The predicted molar refractivity (Wildman–Crippen MR) is 127 cm³/mol. The number of thiocarbonyl (C=S) groups is 2. The highest BCUT2D eigenvalue weighted by molar-refractivity contribution is 7.80. The average molecular weight is 504 g/mol. The molecule has 1 aromatic carbocycles. The van der Waals surface area contributed by atoms with Gasteiger partial charge in [-0.3, -0.25) is 0 Å². The number of aliphatic hydroxyl groups excluding tert-OH is 4. The molecule has 1 aliphatic heterocycles. The number of ether oxygens (including phenoxy) is 2. The fourth-order valence-corrected chi connectivity index (χ4v) is 3.63. The fourth-order valence-electron chi connectivity index (χ4n) is 3.37. The monoisotopic (exact) mass is 503 g/mol. The standard InChI is InChI=1S/C20H29N3O8S2/c1-10(32)22-16-13(25)6-20(19(28)29,31-18(16)17(27)14(26)8-24)30-9-11-2-4-12(5-3-11)23-15(33)7-21/h2-5,13-14,16-18,24-27H,6-9,21H2,1H3,(H,22,32)(H,23,33)(H,28,29)/t13-,14?,16+,17?,18+,20?/m0/s1. The van der Waals surface area contributed by atoms with Crippen molar-refractivity contribution in [1.82, 2.24) is 5.32 Å². The highest BCUT2D eigenvalue weighted by Gasteiger charge is 2.55. The van der Waals surface area contributed by atoms with E-state index in [-0.39, 0.29) is 18.1 Å². The number of nitrogens with two attached hydrogens (primary N) is 1. The summed E-state index contributed by atoms with van der Waals surface area (Å²) in [6.07, 6.45) is -6.71. The molecule has 13 heteroatoms. The summed E-state index contributed by atoms with van der Waals surface area (Å²) in [6.45, 7) is 0.714. The Kier molecular flexibility index (Phi) is 10.0. The van der Waals surface area contributed by atoms with Crippen molar-refractivity contribution >= 4 is 46.1 Å². The number of aliphatic hydroxyl groups is 4. The Morgan fingerprint density at radius 2 is 1.97 bits per heavy atom. The summed E-state index contributed by atoms with van der Waals surface area (Å²) in [7, 11) is 0. The minimum atomic E-state index is -2.33. The van der Waals surface area contributed by atoms with E-state index in [9.17, 15) is 30.3 Å². The van der Waals surface area contributed by atoms with Gasteiger partial charge in [0, 0.05) is 18.7 Å². The van der Waals surface area contributed by atoms with Gasteiger partial charge < -0.3 is 51.4 Å². The van der Waals surface area contributed by atoms with Crippen LogP contribution in [0.5, 0.6) is 0 Å². The zero-order valence-electron chi connectivity index (χ0n) is 17.9. The van der Waals surface area contributed by atoms with Crippen molar-refractivity contribution in [2.45, 2.75) is 56.2 Å². The van der Waals surface area contributed by atoms with Crippen LogP contribution in [0.1, 0.15) is 18.9 Å². The molecule has 11 nitrogen and oxygen atoms in total. The maximum Gasteiger partial charge on any atom is 0.364 e. The molecule has 1 heterocycles. The molecule has 0 saturated carbocycles. The number of anilines is 1. The van der Waals surface area contributed by atoms with E-state index in [1.54, 1.807) is 24.3 Å². The molecule has 1 aliphatic rings. The van der Waals surface area contributed by atoms with Gasteiger partial charge in [0.2, 0.25) is 0 Å². The number of carboxylic acids is 1. The van der Waals surface area contributed by atoms with Crippen molar-refractivity contribution in [1.29, 1.82) is 0 Å². The van der Waals surface area contributed by atoms with E-state index in [1.807, 2.05) is 0 Å². The number of hydrogen-bond acceptors (Lipinski definition) is 10. The van der Waals surface area contributed by atoms with Crippen LogP contribution in [0.25, 0.3) is 0 Å². The smallest absolute Gasteiger partial charge is 0.364 e. The van der Waals surface area contributed by atoms with E-state index in [0.717, 1.165) is 0 Å². The van der Waals surface area contributed by atoms with E-state index in [1.165, 1.54) is 6.92 Å². The molecule has 0 bridgehead atoms. The second-order valence-electron chi connectivity index (χ2n) is 7.62. The van der Waals surface area contributed by atoms with Gasteiger partial charge in [0.15, 0.2) is 0 Å². The van der Waals surface area contributed by atoms with Gasteiger partial charge in [-0.25, -0.2) is 4.79 Å². The van der Waals surface area contributed by atoms with Crippen molar-refractivity contribution in [3.63, 3.8) is 0 Å². The average Bonchev–Trinajstić information content (AvgIpc) is 2.78. The third kappa shape index (κ3) is 7.09. The summed E-state index contributed by atoms with van der Waals surface area (Å²) >= 11 is 10.0. The van der Waals surface area contributed by atoms with Crippen molar-refractivity contribution < 1.29 is 39.8 Å². The number of rotatable bonds is 10. The number of hydrogen-bond donors (Lipinski definition) is 8. The quantitative estimate of drug-likeness (QED) is 0.179. The topological polar surface area (TPSA) is 187 Å². The molecular formula is C20H29N3O8S2. The molecule has 2 rings (SSSR count). The van der Waals surface area contributed by atoms with Gasteiger partial charge in [0.25, 0.3) is 5.79 Å². The summed E-state index contributed by atoms with van der Waals surface area (Å²) < 4.78 is 11.3. The highest BCUT2D eigenvalue weighted by atomic mass is 32.1. The van der Waals surface area contributed by atoms with Gasteiger partial charge in [0.1, 0.15) is 18.3 Å². The van der Waals surface area contributed by atoms with Gasteiger partial charge in [-0.15, -0.1) is 0 Å². The molecule has 1 fully saturated rings. The van der Waals surface area contributed by atoms with Crippen LogP contribution in [0.2, 0.25) is 0 Å². The number of carboxylic acid groups (broad SMARTS) is 1. The maximum absolute atomic E-state index is 12.2. The van der Waals surface area contributed by atoms with E-state index in [4.69, 9.17) is 39.6 Å². The summed E-state index contributed by atoms with van der Waals surface area (Å²) in [5, 5.41) is 55.8. The zero-order chi connectivity index (χ0) is 24.8. The molecule has 33 heavy (non-hydrogen) atoms. The number of aliphatic carboxylic acids is 1. The lowest BCUT2D eigenvalue weighted by atomic mass is 9.88. The fraction of sp³-hybridized carbons (Fsp3) is 0.550. The number of nitrogens with one attached hydrogen (secondary N) is 2. The first-order valence-electron chi connectivity index (χ1n) is 10.1. The molecule has 0 spiro atoms. The first kappa shape index (κ1) is 27.4. The molecule has 0 aromatic heterocycles. The van der Waals surface area contributed by atoms with E-state index >= 15 is 0 Å². The van der Waals surface area contributed by atoms with Crippen molar-refractivity contribution in [2.24, 2.45) is 5.73 Å². The second-order valence-corrected chi connectivity index (χ2v) is 8.72. The minimum Gasteiger partial charge on any atom is -0.477 e. The van der Waals surface area contributed by atoms with Gasteiger partial charge >= 0.3 is 5.97 Å². The van der Waals surface area contributed by atoms with Crippen LogP contribution in [-0.4, -0.2) is 90.9 Å². The number of carbonyl (C=O) groups is 1. The van der Waals surface area contributed by atoms with E-state index in [2.05, 4.69) is 10.6 Å². The molecule has 184 valence electrons. The van der Waals surface area contributed by atoms with Crippen LogP contribution < -0.4 is 16.4 Å². The first-order valence-corrected chi connectivity index (χ1v) is 10.9. The molecular weight excluding hydrogens is 474 g/mol. The van der Waals surface area contributed by atoms with E-state index in [0.29, 0.717) is 16.2 Å². The largest absolute Gasteiger partial charge is 0.477 e. The van der Waals surface area contributed by atoms with Gasteiger partial charge in [-0.1, -0.05) is 36.6 Å². The Morgan fingerprint density at radius 3 is 2.48 bits per heavy atom. The zero-order valence-corrected chi connectivity index (χ0v) is 19.5. The maximum atomic E-state index is 12.2. The minimum absolute atomic E-state index is 0.192. The molecule has 0 aliphatic carbocycles. The van der Waals surface area contributed by atoms with Crippen LogP contribution >= 0.6 is 24.4 Å². The Morgan fingerprint density at radius 1 is 1.33 bits per heavy atom. The second kappa shape index (κ2) is 12.1. The summed E-state index contributed by atoms with van der Waals surface area (Å²) in [4.78, 5) is 12.9. The highest BCUT2D eigenvalue weighted by Crippen LogP contribution is 2.34. The molecule has 0 radical (unpaired) electrons. The Bertz CT molecular complexity index is 843. The third-order valence-corrected chi connectivity index (χ3v) is 5.47. The summed E-state index contributed by atoms with van der Waals surface area (Å²) in [6, 6.07) is 5.72. The van der Waals surface area contributed by atoms with Gasteiger partial charge in [-0.2, -0.15) is 0 Å². The van der Waals surface area contributed by atoms with Crippen molar-refractivity contribution in [3.05, 3.63) is 29.8 Å². The van der Waals surface area contributed by atoms with Crippen LogP contribution in [0.15, 0.2) is 24.3 Å². The Labute approximate surface area is 201 Å². The predicted octanol–water partition coefficient (Wildman–Crippen LogP) is -1.15. The lowest BCUT2D eigenvalue weighted by molar-refractivity contribution is -0.314. The summed E-state index contributed by atoms with van der Waals surface area (Å²) in [5.41, 5.74) is 6.75.